The Kier molecular flexibility index (Phi) is 5.99. The van der Waals surface area contributed by atoms with Crippen LogP contribution in [0.1, 0.15) is 39.0 Å². The molecule has 0 aromatic heterocycles. The van der Waals surface area contributed by atoms with E-state index in [1.165, 1.54) is 12.8 Å². The molecule has 0 aromatic rings. The van der Waals surface area contributed by atoms with Crippen molar-refractivity contribution in [2.75, 3.05) is 19.6 Å². The minimum absolute atomic E-state index is 0.0375. The average molecular weight is 298 g/mol. The molecule has 120 valence electrons. The Morgan fingerprint density at radius 2 is 2.19 bits per heavy atom. The van der Waals surface area contributed by atoms with Crippen LogP contribution in [0.4, 0.5) is 0 Å². The van der Waals surface area contributed by atoms with Crippen LogP contribution in [0.25, 0.3) is 0 Å². The molecule has 4 atom stereocenters. The van der Waals surface area contributed by atoms with Crippen LogP contribution in [0.5, 0.6) is 0 Å². The number of hydrogen-bond donors (Lipinski definition) is 3. The molecule has 3 N–H and O–H groups in total. The highest BCUT2D eigenvalue weighted by Crippen LogP contribution is 2.23. The monoisotopic (exact) mass is 298 g/mol. The summed E-state index contributed by atoms with van der Waals surface area (Å²) in [6, 6.07) is 0. The van der Waals surface area contributed by atoms with Gasteiger partial charge in [0.1, 0.15) is 0 Å². The molecule has 0 bridgehead atoms. The number of aliphatic carboxylic acids is 1. The predicted octanol–water partition coefficient (Wildman–Crippen LogP) is 0.761. The number of nitrogens with one attached hydrogen (secondary N) is 2. The maximum absolute atomic E-state index is 12.0. The van der Waals surface area contributed by atoms with Crippen molar-refractivity contribution >= 4 is 11.9 Å². The topological polar surface area (TPSA) is 87.7 Å². The second-order valence-corrected chi connectivity index (χ2v) is 6.25. The van der Waals surface area contributed by atoms with Crippen LogP contribution in [-0.4, -0.2) is 48.8 Å². The summed E-state index contributed by atoms with van der Waals surface area (Å²) in [7, 11) is 0. The van der Waals surface area contributed by atoms with E-state index in [0.29, 0.717) is 37.6 Å². The largest absolute Gasteiger partial charge is 0.479 e. The number of hydrogen-bond acceptors (Lipinski definition) is 4. The third kappa shape index (κ3) is 4.97. The number of amides is 1. The SMILES string of the molecule is CC(CC(=O)NCC1CCC(C(=O)O)O1)C1CCCNC1. The molecule has 0 aliphatic carbocycles. The molecule has 6 heteroatoms. The lowest BCUT2D eigenvalue weighted by atomic mass is 9.85. The molecule has 0 saturated carbocycles. The minimum Gasteiger partial charge on any atom is -0.479 e. The zero-order valence-corrected chi connectivity index (χ0v) is 12.6. The van der Waals surface area contributed by atoms with Gasteiger partial charge in [0.05, 0.1) is 6.10 Å². The molecule has 0 aromatic carbocycles. The number of carbonyl (C=O) groups excluding carboxylic acids is 1. The van der Waals surface area contributed by atoms with E-state index in [0.717, 1.165) is 13.1 Å². The van der Waals surface area contributed by atoms with Gasteiger partial charge in [-0.2, -0.15) is 0 Å². The van der Waals surface area contributed by atoms with Gasteiger partial charge in [-0.25, -0.2) is 4.79 Å². The lowest BCUT2D eigenvalue weighted by Gasteiger charge is -2.28. The molecule has 4 unspecified atom stereocenters. The standard InChI is InChI=1S/C15H26N2O4/c1-10(11-3-2-6-16-8-11)7-14(18)17-9-12-4-5-13(21-12)15(19)20/h10-13,16H,2-9H2,1H3,(H,17,18)(H,19,20). The van der Waals surface area contributed by atoms with Crippen molar-refractivity contribution in [3.8, 4) is 0 Å². The highest BCUT2D eigenvalue weighted by atomic mass is 16.5. The average Bonchev–Trinajstić information content (AvgIpc) is 2.95. The fourth-order valence-electron chi connectivity index (χ4n) is 3.16. The minimum atomic E-state index is -0.915. The van der Waals surface area contributed by atoms with E-state index in [1.807, 2.05) is 0 Å². The summed E-state index contributed by atoms with van der Waals surface area (Å²) < 4.78 is 5.37. The first kappa shape index (κ1) is 16.2. The van der Waals surface area contributed by atoms with Crippen molar-refractivity contribution < 1.29 is 19.4 Å². The van der Waals surface area contributed by atoms with Gasteiger partial charge in [-0.15, -0.1) is 0 Å². The van der Waals surface area contributed by atoms with Gasteiger partial charge in [-0.05, 0) is 50.6 Å². The third-order valence-corrected chi connectivity index (χ3v) is 4.56. The number of ether oxygens (including phenoxy) is 1. The zero-order valence-electron chi connectivity index (χ0n) is 12.6. The Morgan fingerprint density at radius 3 is 2.81 bits per heavy atom. The molecular formula is C15H26N2O4. The highest BCUT2D eigenvalue weighted by molar-refractivity contribution is 5.76. The van der Waals surface area contributed by atoms with Crippen molar-refractivity contribution in [3.05, 3.63) is 0 Å². The number of carbonyl (C=O) groups is 2. The van der Waals surface area contributed by atoms with Crippen LogP contribution in [0.3, 0.4) is 0 Å². The number of rotatable bonds is 6. The van der Waals surface area contributed by atoms with Crippen molar-refractivity contribution in [1.82, 2.24) is 10.6 Å². The molecule has 0 radical (unpaired) electrons. The Hall–Kier alpha value is -1.14. The molecule has 2 aliphatic rings. The van der Waals surface area contributed by atoms with Crippen molar-refractivity contribution in [2.24, 2.45) is 11.8 Å². The Balaban J connectivity index is 1.64. The van der Waals surface area contributed by atoms with Crippen LogP contribution in [0, 0.1) is 11.8 Å². The van der Waals surface area contributed by atoms with Gasteiger partial charge in [0.2, 0.25) is 5.91 Å². The molecule has 6 nitrogen and oxygen atoms in total. The van der Waals surface area contributed by atoms with Gasteiger partial charge >= 0.3 is 5.97 Å². The smallest absolute Gasteiger partial charge is 0.332 e. The van der Waals surface area contributed by atoms with Crippen LogP contribution < -0.4 is 10.6 Å². The maximum Gasteiger partial charge on any atom is 0.332 e. The zero-order chi connectivity index (χ0) is 15.2. The molecule has 2 rings (SSSR count). The van der Waals surface area contributed by atoms with E-state index < -0.39 is 12.1 Å². The molecule has 2 saturated heterocycles. The van der Waals surface area contributed by atoms with Gasteiger partial charge in [0.15, 0.2) is 6.10 Å². The van der Waals surface area contributed by atoms with Crippen molar-refractivity contribution in [1.29, 1.82) is 0 Å². The van der Waals surface area contributed by atoms with Gasteiger partial charge in [0, 0.05) is 13.0 Å². The fourth-order valence-corrected chi connectivity index (χ4v) is 3.16. The molecule has 2 fully saturated rings. The summed E-state index contributed by atoms with van der Waals surface area (Å²) in [5.74, 6) is 0.0652. The Labute approximate surface area is 125 Å². The van der Waals surface area contributed by atoms with E-state index in [1.54, 1.807) is 0 Å². The third-order valence-electron chi connectivity index (χ3n) is 4.56. The van der Waals surface area contributed by atoms with Crippen molar-refractivity contribution in [2.45, 2.75) is 51.2 Å². The van der Waals surface area contributed by atoms with Crippen molar-refractivity contribution in [3.63, 3.8) is 0 Å². The lowest BCUT2D eigenvalue weighted by molar-refractivity contribution is -0.149. The van der Waals surface area contributed by atoms with Crippen LogP contribution in [0.2, 0.25) is 0 Å². The van der Waals surface area contributed by atoms with Crippen LogP contribution >= 0.6 is 0 Å². The maximum atomic E-state index is 12.0. The quantitative estimate of drug-likeness (QED) is 0.674. The number of piperidine rings is 1. The van der Waals surface area contributed by atoms with Gasteiger partial charge < -0.3 is 20.5 Å². The van der Waals surface area contributed by atoms with Crippen LogP contribution in [0.15, 0.2) is 0 Å². The summed E-state index contributed by atoms with van der Waals surface area (Å²) in [5, 5.41) is 15.1. The van der Waals surface area contributed by atoms with Gasteiger partial charge in [-0.1, -0.05) is 6.92 Å². The summed E-state index contributed by atoms with van der Waals surface area (Å²) in [4.78, 5) is 22.8. The summed E-state index contributed by atoms with van der Waals surface area (Å²) >= 11 is 0. The first-order chi connectivity index (χ1) is 10.1. The second-order valence-electron chi connectivity index (χ2n) is 6.25. The van der Waals surface area contributed by atoms with Gasteiger partial charge in [0.25, 0.3) is 0 Å². The Morgan fingerprint density at radius 1 is 1.38 bits per heavy atom. The van der Waals surface area contributed by atoms with Gasteiger partial charge in [-0.3, -0.25) is 4.79 Å². The van der Waals surface area contributed by atoms with E-state index in [4.69, 9.17) is 9.84 Å². The van der Waals surface area contributed by atoms with E-state index in [2.05, 4.69) is 17.6 Å². The molecule has 2 aliphatic heterocycles. The fraction of sp³-hybridized carbons (Fsp3) is 0.867. The highest BCUT2D eigenvalue weighted by Gasteiger charge is 2.30. The lowest BCUT2D eigenvalue weighted by Crippen LogP contribution is -2.37. The number of carboxylic acids is 1. The molecule has 2 heterocycles. The second kappa shape index (κ2) is 7.75. The molecule has 21 heavy (non-hydrogen) atoms. The van der Waals surface area contributed by atoms with E-state index >= 15 is 0 Å². The molecule has 1 amide bonds. The van der Waals surface area contributed by atoms with E-state index in [9.17, 15) is 9.59 Å². The van der Waals surface area contributed by atoms with Crippen LogP contribution in [-0.2, 0) is 14.3 Å². The summed E-state index contributed by atoms with van der Waals surface area (Å²) in [6.07, 6.45) is 3.25. The van der Waals surface area contributed by atoms with E-state index in [-0.39, 0.29) is 12.0 Å². The first-order valence-corrected chi connectivity index (χ1v) is 7.92. The summed E-state index contributed by atoms with van der Waals surface area (Å²) in [5.41, 5.74) is 0. The first-order valence-electron chi connectivity index (χ1n) is 7.92. The Bertz CT molecular complexity index is 369. The number of carboxylic acid groups (broad SMARTS) is 1. The molecule has 0 spiro atoms. The normalized spacial score (nSPS) is 30.8. The summed E-state index contributed by atoms with van der Waals surface area (Å²) in [6.45, 7) is 4.63. The predicted molar refractivity (Wildman–Crippen MR) is 77.9 cm³/mol. The molecular weight excluding hydrogens is 272 g/mol.